The van der Waals surface area contributed by atoms with Crippen molar-refractivity contribution in [3.8, 4) is 5.75 Å². The maximum atomic E-state index is 14.2. The number of carboxylic acid groups (broad SMARTS) is 1. The lowest BCUT2D eigenvalue weighted by atomic mass is 10.1. The molecule has 0 atom stereocenters. The number of amides is 1. The maximum Gasteiger partial charge on any atom is 0.338 e. The van der Waals surface area contributed by atoms with Gasteiger partial charge in [0.05, 0.1) is 19.2 Å². The molecule has 118 valence electrons. The van der Waals surface area contributed by atoms with Gasteiger partial charge in [-0.1, -0.05) is 12.1 Å². The Labute approximate surface area is 131 Å². The minimum atomic E-state index is -1.34. The topological polar surface area (TPSA) is 66.8 Å². The number of rotatable bonds is 4. The second-order valence-corrected chi connectivity index (χ2v) is 5.27. The predicted molar refractivity (Wildman–Crippen MR) is 79.9 cm³/mol. The van der Waals surface area contributed by atoms with Gasteiger partial charge >= 0.3 is 5.97 Å². The monoisotopic (exact) mass is 315 g/mol. The van der Waals surface area contributed by atoms with Crippen LogP contribution in [0.2, 0.25) is 0 Å². The standard InChI is InChI=1S/C17H14FNO4/c1-23-11-4-2-10(3-5-11)8-19-9-14-12(16(19)20)6-7-13(15(14)18)17(21)22/h2-7H,8-9H2,1H3,(H,21,22). The van der Waals surface area contributed by atoms with Crippen molar-refractivity contribution in [3.63, 3.8) is 0 Å². The lowest BCUT2D eigenvalue weighted by Gasteiger charge is -2.15. The minimum Gasteiger partial charge on any atom is -0.497 e. The number of carbonyl (C=O) groups excluding carboxylic acids is 1. The molecule has 5 nitrogen and oxygen atoms in total. The molecule has 1 heterocycles. The maximum absolute atomic E-state index is 14.2. The number of hydrogen-bond donors (Lipinski definition) is 1. The van der Waals surface area contributed by atoms with Gasteiger partial charge in [0.15, 0.2) is 0 Å². The molecule has 0 bridgehead atoms. The fourth-order valence-electron chi connectivity index (χ4n) is 2.65. The zero-order chi connectivity index (χ0) is 16.6. The number of carbonyl (C=O) groups is 2. The highest BCUT2D eigenvalue weighted by Gasteiger charge is 2.32. The Kier molecular flexibility index (Phi) is 3.73. The van der Waals surface area contributed by atoms with Gasteiger partial charge in [-0.25, -0.2) is 9.18 Å². The molecule has 0 radical (unpaired) electrons. The van der Waals surface area contributed by atoms with Gasteiger partial charge in [0.1, 0.15) is 11.6 Å². The summed E-state index contributed by atoms with van der Waals surface area (Å²) in [6, 6.07) is 9.73. The van der Waals surface area contributed by atoms with E-state index in [1.54, 1.807) is 19.2 Å². The Morgan fingerprint density at radius 2 is 1.96 bits per heavy atom. The summed E-state index contributed by atoms with van der Waals surface area (Å²) in [7, 11) is 1.57. The van der Waals surface area contributed by atoms with E-state index in [0.717, 1.165) is 11.6 Å². The highest BCUT2D eigenvalue weighted by atomic mass is 19.1. The average molecular weight is 315 g/mol. The SMILES string of the molecule is COc1ccc(CN2Cc3c(ccc(C(=O)O)c3F)C2=O)cc1. The first-order chi connectivity index (χ1) is 11.0. The summed E-state index contributed by atoms with van der Waals surface area (Å²) in [6.07, 6.45) is 0. The molecule has 23 heavy (non-hydrogen) atoms. The summed E-state index contributed by atoms with van der Waals surface area (Å²) in [4.78, 5) is 24.8. The second-order valence-electron chi connectivity index (χ2n) is 5.27. The molecular formula is C17H14FNO4. The van der Waals surface area contributed by atoms with Gasteiger partial charge in [0.25, 0.3) is 5.91 Å². The Hall–Kier alpha value is -2.89. The lowest BCUT2D eigenvalue weighted by Crippen LogP contribution is -2.23. The molecule has 0 unspecified atom stereocenters. The van der Waals surface area contributed by atoms with E-state index in [1.165, 1.54) is 11.0 Å². The van der Waals surface area contributed by atoms with Gasteiger partial charge in [-0.2, -0.15) is 0 Å². The van der Waals surface area contributed by atoms with Crippen LogP contribution in [-0.2, 0) is 13.1 Å². The molecule has 0 saturated heterocycles. The number of methoxy groups -OCH3 is 1. The first-order valence-corrected chi connectivity index (χ1v) is 6.98. The van der Waals surface area contributed by atoms with Crippen molar-refractivity contribution < 1.29 is 23.8 Å². The van der Waals surface area contributed by atoms with Crippen molar-refractivity contribution in [1.82, 2.24) is 4.90 Å². The Morgan fingerprint density at radius 3 is 2.57 bits per heavy atom. The highest BCUT2D eigenvalue weighted by Crippen LogP contribution is 2.28. The van der Waals surface area contributed by atoms with E-state index >= 15 is 0 Å². The molecule has 0 saturated carbocycles. The van der Waals surface area contributed by atoms with Crippen LogP contribution in [0, 0.1) is 5.82 Å². The van der Waals surface area contributed by atoms with Crippen LogP contribution in [-0.4, -0.2) is 29.0 Å². The zero-order valence-corrected chi connectivity index (χ0v) is 12.4. The van der Waals surface area contributed by atoms with Gasteiger partial charge in [-0.3, -0.25) is 4.79 Å². The largest absolute Gasteiger partial charge is 0.497 e. The first kappa shape index (κ1) is 15.0. The van der Waals surface area contributed by atoms with Gasteiger partial charge in [0, 0.05) is 17.7 Å². The Bertz CT molecular complexity index is 786. The van der Waals surface area contributed by atoms with Crippen molar-refractivity contribution in [2.24, 2.45) is 0 Å². The molecule has 0 spiro atoms. The highest BCUT2D eigenvalue weighted by molar-refractivity contribution is 6.00. The third-order valence-electron chi connectivity index (χ3n) is 3.87. The molecule has 1 amide bonds. The number of nitrogens with zero attached hydrogens (tertiary/aromatic N) is 1. The number of hydrogen-bond acceptors (Lipinski definition) is 3. The van der Waals surface area contributed by atoms with Crippen molar-refractivity contribution >= 4 is 11.9 Å². The van der Waals surface area contributed by atoms with Gasteiger partial charge in [-0.05, 0) is 29.8 Å². The molecular weight excluding hydrogens is 301 g/mol. The summed E-state index contributed by atoms with van der Waals surface area (Å²) in [5.74, 6) is -1.76. The summed E-state index contributed by atoms with van der Waals surface area (Å²) >= 11 is 0. The van der Waals surface area contributed by atoms with E-state index < -0.39 is 17.3 Å². The van der Waals surface area contributed by atoms with E-state index in [-0.39, 0.29) is 23.6 Å². The molecule has 0 aliphatic carbocycles. The quantitative estimate of drug-likeness (QED) is 0.942. The van der Waals surface area contributed by atoms with E-state index in [0.29, 0.717) is 12.3 Å². The number of benzene rings is 2. The van der Waals surface area contributed by atoms with Crippen LogP contribution in [0.3, 0.4) is 0 Å². The van der Waals surface area contributed by atoms with Crippen LogP contribution in [0.15, 0.2) is 36.4 Å². The minimum absolute atomic E-state index is 0.0626. The van der Waals surface area contributed by atoms with Crippen molar-refractivity contribution in [3.05, 3.63) is 64.5 Å². The Morgan fingerprint density at radius 1 is 1.26 bits per heavy atom. The van der Waals surface area contributed by atoms with E-state index in [9.17, 15) is 14.0 Å². The normalized spacial score (nSPS) is 13.1. The fourth-order valence-corrected chi connectivity index (χ4v) is 2.65. The summed E-state index contributed by atoms with van der Waals surface area (Å²) in [5, 5.41) is 8.96. The van der Waals surface area contributed by atoms with E-state index in [1.807, 2.05) is 12.1 Å². The zero-order valence-electron chi connectivity index (χ0n) is 12.4. The van der Waals surface area contributed by atoms with Crippen molar-refractivity contribution in [2.45, 2.75) is 13.1 Å². The molecule has 3 rings (SSSR count). The Balaban J connectivity index is 1.85. The third kappa shape index (κ3) is 2.63. The van der Waals surface area contributed by atoms with Crippen LogP contribution in [0.5, 0.6) is 5.75 Å². The van der Waals surface area contributed by atoms with Crippen LogP contribution in [0.4, 0.5) is 4.39 Å². The van der Waals surface area contributed by atoms with E-state index in [2.05, 4.69) is 0 Å². The molecule has 6 heteroatoms. The number of carboxylic acids is 1. The first-order valence-electron chi connectivity index (χ1n) is 6.98. The lowest BCUT2D eigenvalue weighted by molar-refractivity contribution is 0.0691. The molecule has 1 N–H and O–H groups in total. The molecule has 2 aromatic rings. The predicted octanol–water partition coefficient (Wildman–Crippen LogP) is 2.69. The van der Waals surface area contributed by atoms with Crippen molar-refractivity contribution in [1.29, 1.82) is 0 Å². The second kappa shape index (κ2) is 5.72. The summed E-state index contributed by atoms with van der Waals surface area (Å²) in [6.45, 7) is 0.381. The smallest absolute Gasteiger partial charge is 0.338 e. The van der Waals surface area contributed by atoms with Gasteiger partial charge < -0.3 is 14.7 Å². The molecule has 0 aromatic heterocycles. The van der Waals surface area contributed by atoms with Gasteiger partial charge in [-0.15, -0.1) is 0 Å². The summed E-state index contributed by atoms with van der Waals surface area (Å²) < 4.78 is 19.3. The number of fused-ring (bicyclic) bond motifs is 1. The fraction of sp³-hybridized carbons (Fsp3) is 0.176. The summed E-state index contributed by atoms with van der Waals surface area (Å²) in [5.41, 5.74) is 0.832. The number of halogens is 1. The number of ether oxygens (including phenoxy) is 1. The average Bonchev–Trinajstić information content (AvgIpc) is 2.86. The number of aromatic carboxylic acids is 1. The van der Waals surface area contributed by atoms with E-state index in [4.69, 9.17) is 9.84 Å². The molecule has 0 fully saturated rings. The molecule has 1 aliphatic heterocycles. The van der Waals surface area contributed by atoms with Crippen LogP contribution in [0.25, 0.3) is 0 Å². The molecule has 2 aromatic carbocycles. The van der Waals surface area contributed by atoms with Crippen molar-refractivity contribution in [2.75, 3.05) is 7.11 Å². The third-order valence-corrected chi connectivity index (χ3v) is 3.87. The molecule has 1 aliphatic rings. The van der Waals surface area contributed by atoms with Crippen LogP contribution in [0.1, 0.15) is 31.8 Å². The van der Waals surface area contributed by atoms with Gasteiger partial charge in [0.2, 0.25) is 0 Å². The van der Waals surface area contributed by atoms with Crippen LogP contribution >= 0.6 is 0 Å². The van der Waals surface area contributed by atoms with Crippen LogP contribution < -0.4 is 4.74 Å².